The van der Waals surface area contributed by atoms with Gasteiger partial charge in [-0.3, -0.25) is 0 Å². The average Bonchev–Trinajstić information content (AvgIpc) is 2.96. The van der Waals surface area contributed by atoms with Crippen molar-refractivity contribution in [1.29, 1.82) is 0 Å². The second-order valence-electron chi connectivity index (χ2n) is 5.24. The van der Waals surface area contributed by atoms with Gasteiger partial charge in [0, 0.05) is 23.5 Å². The fraction of sp³-hybridized carbons (Fsp3) is 0.200. The van der Waals surface area contributed by atoms with E-state index in [-0.39, 0.29) is 12.4 Å². The van der Waals surface area contributed by atoms with Crippen molar-refractivity contribution in [3.63, 3.8) is 0 Å². The first kappa shape index (κ1) is 17.1. The summed E-state index contributed by atoms with van der Waals surface area (Å²) in [5, 5.41) is 3.04. The molecule has 0 spiro atoms. The summed E-state index contributed by atoms with van der Waals surface area (Å²) in [5.74, 6) is -0.0347. The van der Waals surface area contributed by atoms with Crippen molar-refractivity contribution in [2.24, 2.45) is 0 Å². The molecule has 0 fully saturated rings. The SMILES string of the molecule is FC(F)(F)c1cc(NCc2ccc3[nH]c(C(F)(F)F)cc3c2)ncn1. The van der Waals surface area contributed by atoms with Crippen LogP contribution in [0.3, 0.4) is 0 Å². The van der Waals surface area contributed by atoms with E-state index in [1.807, 2.05) is 0 Å². The Bertz CT molecular complexity index is 897. The van der Waals surface area contributed by atoms with Gasteiger partial charge in [0.25, 0.3) is 0 Å². The van der Waals surface area contributed by atoms with Crippen molar-refractivity contribution in [2.45, 2.75) is 18.9 Å². The van der Waals surface area contributed by atoms with Gasteiger partial charge in [0.1, 0.15) is 23.5 Å². The second-order valence-corrected chi connectivity index (χ2v) is 5.24. The molecular formula is C15H10F6N4. The zero-order valence-electron chi connectivity index (χ0n) is 12.3. The van der Waals surface area contributed by atoms with Crippen LogP contribution in [0.25, 0.3) is 10.9 Å². The normalized spacial score (nSPS) is 12.6. The van der Waals surface area contributed by atoms with Crippen LogP contribution in [-0.2, 0) is 18.9 Å². The predicted molar refractivity (Wildman–Crippen MR) is 77.7 cm³/mol. The van der Waals surface area contributed by atoms with E-state index in [0.29, 0.717) is 16.5 Å². The van der Waals surface area contributed by atoms with Gasteiger partial charge in [-0.05, 0) is 23.8 Å². The third-order valence-corrected chi connectivity index (χ3v) is 3.42. The summed E-state index contributed by atoms with van der Waals surface area (Å²) in [4.78, 5) is 9.10. The van der Waals surface area contributed by atoms with E-state index < -0.39 is 23.7 Å². The minimum absolute atomic E-state index is 0.0347. The number of hydrogen-bond donors (Lipinski definition) is 2. The van der Waals surface area contributed by atoms with E-state index in [9.17, 15) is 26.3 Å². The lowest BCUT2D eigenvalue weighted by Crippen LogP contribution is -2.10. The van der Waals surface area contributed by atoms with E-state index in [2.05, 4.69) is 20.3 Å². The molecule has 132 valence electrons. The largest absolute Gasteiger partial charge is 0.433 e. The van der Waals surface area contributed by atoms with Crippen LogP contribution in [0.2, 0.25) is 0 Å². The summed E-state index contributed by atoms with van der Waals surface area (Å²) in [7, 11) is 0. The first-order chi connectivity index (χ1) is 11.6. The van der Waals surface area contributed by atoms with E-state index in [1.165, 1.54) is 12.1 Å². The summed E-state index contributed by atoms with van der Waals surface area (Å²) in [6, 6.07) is 6.29. The van der Waals surface area contributed by atoms with Crippen molar-refractivity contribution in [2.75, 3.05) is 5.32 Å². The molecule has 0 atom stereocenters. The zero-order valence-corrected chi connectivity index (χ0v) is 12.3. The van der Waals surface area contributed by atoms with Gasteiger partial charge in [-0.25, -0.2) is 9.97 Å². The zero-order chi connectivity index (χ0) is 18.2. The molecule has 2 N–H and O–H groups in total. The minimum Gasteiger partial charge on any atom is -0.366 e. The molecule has 0 unspecified atom stereocenters. The maximum atomic E-state index is 12.7. The highest BCUT2D eigenvalue weighted by Gasteiger charge is 2.33. The van der Waals surface area contributed by atoms with Crippen LogP contribution in [0.1, 0.15) is 17.0 Å². The second kappa shape index (κ2) is 5.94. The van der Waals surface area contributed by atoms with Crippen LogP contribution in [-0.4, -0.2) is 15.0 Å². The number of anilines is 1. The third-order valence-electron chi connectivity index (χ3n) is 3.42. The Kier molecular flexibility index (Phi) is 4.05. The number of rotatable bonds is 3. The number of aromatic amines is 1. The maximum absolute atomic E-state index is 12.7. The molecule has 0 bridgehead atoms. The highest BCUT2D eigenvalue weighted by Crippen LogP contribution is 2.31. The third kappa shape index (κ3) is 3.83. The standard InChI is InChI=1S/C15H10F6N4/c16-14(17,18)11-5-13(24-7-23-11)22-6-8-1-2-10-9(3-8)4-12(25-10)15(19,20)21/h1-5,7,25H,6H2,(H,22,23,24). The lowest BCUT2D eigenvalue weighted by atomic mass is 10.1. The molecule has 0 saturated heterocycles. The van der Waals surface area contributed by atoms with E-state index >= 15 is 0 Å². The highest BCUT2D eigenvalue weighted by molar-refractivity contribution is 5.81. The quantitative estimate of drug-likeness (QED) is 0.671. The molecule has 0 aliphatic carbocycles. The molecule has 0 amide bonds. The number of aromatic nitrogens is 3. The topological polar surface area (TPSA) is 53.6 Å². The minimum atomic E-state index is -4.59. The summed E-state index contributed by atoms with van der Waals surface area (Å²) >= 11 is 0. The van der Waals surface area contributed by atoms with Gasteiger partial charge in [0.05, 0.1) is 0 Å². The first-order valence-electron chi connectivity index (χ1n) is 6.95. The smallest absolute Gasteiger partial charge is 0.366 e. The molecule has 10 heteroatoms. The average molecular weight is 360 g/mol. The van der Waals surface area contributed by atoms with Gasteiger partial charge in [-0.15, -0.1) is 0 Å². The Balaban J connectivity index is 1.77. The molecule has 0 aliphatic heterocycles. The van der Waals surface area contributed by atoms with Gasteiger partial charge in [-0.1, -0.05) is 6.07 Å². The Hall–Kier alpha value is -2.78. The molecule has 3 rings (SSSR count). The van der Waals surface area contributed by atoms with Crippen LogP contribution in [0.4, 0.5) is 32.2 Å². The number of fused-ring (bicyclic) bond motifs is 1. The fourth-order valence-corrected chi connectivity index (χ4v) is 2.25. The Morgan fingerprint density at radius 1 is 0.920 bits per heavy atom. The molecule has 0 radical (unpaired) electrons. The van der Waals surface area contributed by atoms with E-state index in [1.54, 1.807) is 6.07 Å². The first-order valence-corrected chi connectivity index (χ1v) is 6.95. The number of benzene rings is 1. The van der Waals surface area contributed by atoms with Gasteiger partial charge in [0.15, 0.2) is 0 Å². The fourth-order valence-electron chi connectivity index (χ4n) is 2.25. The number of halogens is 6. The van der Waals surface area contributed by atoms with Gasteiger partial charge in [0.2, 0.25) is 0 Å². The molecule has 1 aromatic carbocycles. The number of alkyl halides is 6. The lowest BCUT2D eigenvalue weighted by molar-refractivity contribution is -0.141. The number of nitrogens with one attached hydrogen (secondary N) is 2. The van der Waals surface area contributed by atoms with Crippen molar-refractivity contribution in [3.05, 3.63) is 53.6 Å². The Morgan fingerprint density at radius 2 is 1.68 bits per heavy atom. The van der Waals surface area contributed by atoms with E-state index in [4.69, 9.17) is 0 Å². The van der Waals surface area contributed by atoms with Gasteiger partial charge in [-0.2, -0.15) is 26.3 Å². The monoisotopic (exact) mass is 360 g/mol. The van der Waals surface area contributed by atoms with Crippen LogP contribution in [0, 0.1) is 0 Å². The van der Waals surface area contributed by atoms with Crippen LogP contribution in [0.15, 0.2) is 36.7 Å². The molecule has 3 aromatic rings. The lowest BCUT2D eigenvalue weighted by Gasteiger charge is -2.09. The predicted octanol–water partition coefficient (Wildman–Crippen LogP) is 4.61. The van der Waals surface area contributed by atoms with Crippen molar-refractivity contribution in [1.82, 2.24) is 15.0 Å². The van der Waals surface area contributed by atoms with Crippen LogP contribution >= 0.6 is 0 Å². The molecule has 0 saturated carbocycles. The van der Waals surface area contributed by atoms with Crippen LogP contribution in [0.5, 0.6) is 0 Å². The maximum Gasteiger partial charge on any atom is 0.433 e. The Morgan fingerprint density at radius 3 is 2.36 bits per heavy atom. The molecule has 25 heavy (non-hydrogen) atoms. The number of hydrogen-bond acceptors (Lipinski definition) is 3. The van der Waals surface area contributed by atoms with Crippen molar-refractivity contribution >= 4 is 16.7 Å². The summed E-state index contributed by atoms with van der Waals surface area (Å²) in [5.41, 5.74) is -1.04. The summed E-state index contributed by atoms with van der Waals surface area (Å²) < 4.78 is 75.8. The molecule has 0 aliphatic rings. The van der Waals surface area contributed by atoms with Crippen molar-refractivity contribution < 1.29 is 26.3 Å². The van der Waals surface area contributed by atoms with Crippen LogP contribution < -0.4 is 5.32 Å². The van der Waals surface area contributed by atoms with E-state index in [0.717, 1.165) is 18.5 Å². The molecular weight excluding hydrogens is 350 g/mol. The summed E-state index contributed by atoms with van der Waals surface area (Å²) in [6.07, 6.45) is -8.28. The molecule has 2 heterocycles. The summed E-state index contributed by atoms with van der Waals surface area (Å²) in [6.45, 7) is 0.0940. The number of nitrogens with zero attached hydrogens (tertiary/aromatic N) is 2. The van der Waals surface area contributed by atoms with Gasteiger partial charge >= 0.3 is 12.4 Å². The number of H-pyrrole nitrogens is 1. The van der Waals surface area contributed by atoms with Crippen molar-refractivity contribution in [3.8, 4) is 0 Å². The Labute approximate surface area is 136 Å². The van der Waals surface area contributed by atoms with Gasteiger partial charge < -0.3 is 10.3 Å². The highest BCUT2D eigenvalue weighted by atomic mass is 19.4. The molecule has 2 aromatic heterocycles. The molecule has 4 nitrogen and oxygen atoms in total.